The molecule has 1 aliphatic carbocycles. The van der Waals surface area contributed by atoms with Crippen LogP contribution in [0.25, 0.3) is 0 Å². The van der Waals surface area contributed by atoms with Gasteiger partial charge in [0.1, 0.15) is 6.23 Å². The number of fused-ring (bicyclic) bond motifs is 2. The number of amides is 1. The van der Waals surface area contributed by atoms with Crippen molar-refractivity contribution < 1.29 is 9.53 Å². The molecule has 1 amide bonds. The van der Waals surface area contributed by atoms with Crippen LogP contribution >= 0.6 is 0 Å². The molecule has 0 N–H and O–H groups in total. The van der Waals surface area contributed by atoms with Crippen molar-refractivity contribution in [2.24, 2.45) is 17.8 Å². The Morgan fingerprint density at radius 2 is 2.09 bits per heavy atom. The van der Waals surface area contributed by atoms with Crippen molar-refractivity contribution in [3.05, 3.63) is 48.0 Å². The molecule has 0 bridgehead atoms. The average Bonchev–Trinajstić information content (AvgIpc) is 3.01. The van der Waals surface area contributed by atoms with Crippen molar-refractivity contribution in [2.75, 3.05) is 6.61 Å². The molecular weight excluding hydrogens is 274 g/mol. The number of ether oxygens (including phenoxy) is 1. The highest BCUT2D eigenvalue weighted by atomic mass is 16.5. The highest BCUT2D eigenvalue weighted by Crippen LogP contribution is 2.47. The minimum absolute atomic E-state index is 0.0493. The van der Waals surface area contributed by atoms with E-state index >= 15 is 0 Å². The van der Waals surface area contributed by atoms with Crippen LogP contribution in [0.4, 0.5) is 0 Å². The number of hydrogen-bond acceptors (Lipinski definition) is 2. The normalized spacial score (nSPS) is 37.0. The number of allylic oxidation sites excluding steroid dienone is 2. The molecule has 0 spiro atoms. The topological polar surface area (TPSA) is 29.5 Å². The maximum absolute atomic E-state index is 13.1. The second-order valence-electron chi connectivity index (χ2n) is 6.66. The highest BCUT2D eigenvalue weighted by molar-refractivity contribution is 5.81. The minimum Gasteiger partial charge on any atom is -0.355 e. The monoisotopic (exact) mass is 297 g/mol. The van der Waals surface area contributed by atoms with Gasteiger partial charge in [-0.05, 0) is 30.7 Å². The Labute approximate surface area is 132 Å². The minimum atomic E-state index is -0.0493. The lowest BCUT2D eigenvalue weighted by Gasteiger charge is -2.46. The van der Waals surface area contributed by atoms with E-state index in [1.807, 2.05) is 18.2 Å². The first-order valence-electron chi connectivity index (χ1n) is 8.46. The van der Waals surface area contributed by atoms with Gasteiger partial charge in [0.05, 0.1) is 12.6 Å². The summed E-state index contributed by atoms with van der Waals surface area (Å²) in [6, 6.07) is 10.4. The molecule has 0 saturated carbocycles. The lowest BCUT2D eigenvalue weighted by Crippen LogP contribution is -2.54. The molecule has 116 valence electrons. The third-order valence-electron chi connectivity index (χ3n) is 5.59. The highest BCUT2D eigenvalue weighted by Gasteiger charge is 2.52. The van der Waals surface area contributed by atoms with Crippen LogP contribution in [-0.4, -0.2) is 23.6 Å². The molecule has 2 heterocycles. The van der Waals surface area contributed by atoms with Crippen molar-refractivity contribution >= 4 is 5.91 Å². The number of benzene rings is 1. The van der Waals surface area contributed by atoms with E-state index in [4.69, 9.17) is 4.74 Å². The Hall–Kier alpha value is -1.61. The standard InChI is InChI=1S/C19H23NO2/c1-2-14-15-10-6-7-11-16(15)18(21)20-17(12-22-19(14)20)13-8-4-3-5-9-13/h3-6,8-10,14-17,19H,2,7,11-12H2,1H3/t14-,15+,16-,17-,19+/m0/s1. The first-order chi connectivity index (χ1) is 10.8. The molecule has 2 aliphatic heterocycles. The summed E-state index contributed by atoms with van der Waals surface area (Å²) >= 11 is 0. The smallest absolute Gasteiger partial charge is 0.228 e. The molecule has 3 heteroatoms. The van der Waals surface area contributed by atoms with Crippen LogP contribution in [0.2, 0.25) is 0 Å². The maximum atomic E-state index is 13.1. The summed E-state index contributed by atoms with van der Waals surface area (Å²) in [5, 5.41) is 0. The van der Waals surface area contributed by atoms with Gasteiger partial charge < -0.3 is 9.64 Å². The van der Waals surface area contributed by atoms with Gasteiger partial charge in [-0.1, -0.05) is 49.4 Å². The lowest BCUT2D eigenvalue weighted by atomic mass is 9.70. The zero-order valence-corrected chi connectivity index (χ0v) is 13.0. The van der Waals surface area contributed by atoms with Crippen molar-refractivity contribution in [2.45, 2.75) is 38.5 Å². The molecule has 1 aromatic carbocycles. The number of hydrogen-bond donors (Lipinski definition) is 0. The van der Waals surface area contributed by atoms with Crippen LogP contribution in [0, 0.1) is 17.8 Å². The van der Waals surface area contributed by atoms with Gasteiger partial charge in [0.15, 0.2) is 0 Å². The van der Waals surface area contributed by atoms with Crippen LogP contribution in [0.5, 0.6) is 0 Å². The molecule has 5 atom stereocenters. The molecule has 0 unspecified atom stereocenters. The van der Waals surface area contributed by atoms with E-state index in [1.54, 1.807) is 0 Å². The second-order valence-corrected chi connectivity index (χ2v) is 6.66. The second kappa shape index (κ2) is 5.54. The number of carbonyl (C=O) groups excluding carboxylic acids is 1. The largest absolute Gasteiger partial charge is 0.355 e. The molecule has 22 heavy (non-hydrogen) atoms. The summed E-state index contributed by atoms with van der Waals surface area (Å²) in [6.07, 6.45) is 7.54. The molecule has 0 radical (unpaired) electrons. The van der Waals surface area contributed by atoms with Crippen molar-refractivity contribution in [1.29, 1.82) is 0 Å². The molecule has 3 nitrogen and oxygen atoms in total. The zero-order valence-electron chi connectivity index (χ0n) is 13.0. The van der Waals surface area contributed by atoms with Crippen LogP contribution in [0.1, 0.15) is 37.8 Å². The Balaban J connectivity index is 1.70. The lowest BCUT2D eigenvalue weighted by molar-refractivity contribution is -0.160. The van der Waals surface area contributed by atoms with Gasteiger partial charge in [0.2, 0.25) is 5.91 Å². The van der Waals surface area contributed by atoms with Crippen LogP contribution in [0.3, 0.4) is 0 Å². The molecule has 4 rings (SSSR count). The van der Waals surface area contributed by atoms with Crippen molar-refractivity contribution in [3.63, 3.8) is 0 Å². The maximum Gasteiger partial charge on any atom is 0.228 e. The molecule has 0 aromatic heterocycles. The van der Waals surface area contributed by atoms with Crippen LogP contribution < -0.4 is 0 Å². The van der Waals surface area contributed by atoms with E-state index in [-0.39, 0.29) is 18.2 Å². The molecule has 3 aliphatic rings. The quantitative estimate of drug-likeness (QED) is 0.782. The number of carbonyl (C=O) groups is 1. The van der Waals surface area contributed by atoms with Gasteiger partial charge in [-0.25, -0.2) is 0 Å². The van der Waals surface area contributed by atoms with Crippen molar-refractivity contribution in [1.82, 2.24) is 4.90 Å². The third kappa shape index (κ3) is 2.03. The Kier molecular flexibility index (Phi) is 3.53. The Bertz CT molecular complexity index is 582. The summed E-state index contributed by atoms with van der Waals surface area (Å²) < 4.78 is 6.12. The molecular formula is C19H23NO2. The number of piperidine rings is 1. The summed E-state index contributed by atoms with van der Waals surface area (Å²) in [7, 11) is 0. The van der Waals surface area contributed by atoms with Gasteiger partial charge >= 0.3 is 0 Å². The Morgan fingerprint density at radius 3 is 2.86 bits per heavy atom. The van der Waals surface area contributed by atoms with Gasteiger partial charge in [0.25, 0.3) is 0 Å². The summed E-state index contributed by atoms with van der Waals surface area (Å²) in [5.41, 5.74) is 1.19. The third-order valence-corrected chi connectivity index (χ3v) is 5.59. The van der Waals surface area contributed by atoms with Gasteiger partial charge in [-0.3, -0.25) is 4.79 Å². The summed E-state index contributed by atoms with van der Waals surface area (Å²) in [4.78, 5) is 15.2. The fourth-order valence-corrected chi connectivity index (χ4v) is 4.51. The number of nitrogens with zero attached hydrogens (tertiary/aromatic N) is 1. The van der Waals surface area contributed by atoms with Gasteiger partial charge in [0, 0.05) is 11.8 Å². The Morgan fingerprint density at radius 1 is 1.27 bits per heavy atom. The number of rotatable bonds is 2. The fourth-order valence-electron chi connectivity index (χ4n) is 4.51. The van der Waals surface area contributed by atoms with E-state index in [0.29, 0.717) is 24.3 Å². The molecule has 2 fully saturated rings. The van der Waals surface area contributed by atoms with E-state index in [2.05, 4.69) is 36.1 Å². The fraction of sp³-hybridized carbons (Fsp3) is 0.526. The van der Waals surface area contributed by atoms with E-state index < -0.39 is 0 Å². The predicted molar refractivity (Wildman–Crippen MR) is 84.9 cm³/mol. The first-order valence-corrected chi connectivity index (χ1v) is 8.46. The van der Waals surface area contributed by atoms with E-state index in [0.717, 1.165) is 19.3 Å². The summed E-state index contributed by atoms with van der Waals surface area (Å²) in [6.45, 7) is 2.84. The van der Waals surface area contributed by atoms with Crippen molar-refractivity contribution in [3.8, 4) is 0 Å². The zero-order chi connectivity index (χ0) is 15.1. The summed E-state index contributed by atoms with van der Waals surface area (Å²) in [5.74, 6) is 1.24. The molecule has 2 saturated heterocycles. The molecule has 1 aromatic rings. The van der Waals surface area contributed by atoms with Crippen LogP contribution in [-0.2, 0) is 9.53 Å². The van der Waals surface area contributed by atoms with E-state index in [9.17, 15) is 4.79 Å². The first kappa shape index (κ1) is 14.0. The predicted octanol–water partition coefficient (Wildman–Crippen LogP) is 3.53. The van der Waals surface area contributed by atoms with Gasteiger partial charge in [-0.15, -0.1) is 0 Å². The van der Waals surface area contributed by atoms with Gasteiger partial charge in [-0.2, -0.15) is 0 Å². The SMILES string of the molecule is CC[C@H]1[C@H]2C=CCC[C@@H]2C(=O)N2[C@@H]1OC[C@H]2c1ccccc1. The van der Waals surface area contributed by atoms with E-state index in [1.165, 1.54) is 5.56 Å². The van der Waals surface area contributed by atoms with Crippen LogP contribution in [0.15, 0.2) is 42.5 Å². The average molecular weight is 297 g/mol.